The van der Waals surface area contributed by atoms with Gasteiger partial charge in [0.05, 0.1) is 6.54 Å². The summed E-state index contributed by atoms with van der Waals surface area (Å²) in [4.78, 5) is 17.0. The average Bonchev–Trinajstić information content (AvgIpc) is 2.82. The van der Waals surface area contributed by atoms with Crippen LogP contribution in [-0.2, 0) is 16.6 Å². The van der Waals surface area contributed by atoms with Crippen LogP contribution >= 0.6 is 11.3 Å². The lowest BCUT2D eigenvalue weighted by molar-refractivity contribution is 0.580. The number of thiazole rings is 1. The number of pyridine rings is 1. The van der Waals surface area contributed by atoms with Crippen molar-refractivity contribution in [1.82, 2.24) is 14.7 Å². The predicted molar refractivity (Wildman–Crippen MR) is 71.0 cm³/mol. The first-order valence-electron chi connectivity index (χ1n) is 5.10. The SMILES string of the molecule is NNc1ccc(S(=O)(=O)NCc2csc(=O)[nH]2)cn1. The van der Waals surface area contributed by atoms with Crippen molar-refractivity contribution in [2.45, 2.75) is 11.4 Å². The van der Waals surface area contributed by atoms with Crippen molar-refractivity contribution < 1.29 is 8.42 Å². The zero-order valence-electron chi connectivity index (χ0n) is 9.58. The van der Waals surface area contributed by atoms with Gasteiger partial charge in [0.1, 0.15) is 10.7 Å². The highest BCUT2D eigenvalue weighted by Crippen LogP contribution is 2.10. The summed E-state index contributed by atoms with van der Waals surface area (Å²) < 4.78 is 26.2. The van der Waals surface area contributed by atoms with Crippen LogP contribution in [0.3, 0.4) is 0 Å². The Labute approximate surface area is 112 Å². The Morgan fingerprint density at radius 3 is 2.74 bits per heavy atom. The molecular weight excluding hydrogens is 290 g/mol. The van der Waals surface area contributed by atoms with E-state index in [1.54, 1.807) is 5.38 Å². The van der Waals surface area contributed by atoms with Gasteiger partial charge in [0, 0.05) is 17.3 Å². The van der Waals surface area contributed by atoms with Crippen LogP contribution < -0.4 is 20.9 Å². The van der Waals surface area contributed by atoms with Crippen LogP contribution in [0.1, 0.15) is 5.69 Å². The number of aromatic nitrogens is 2. The molecule has 0 aliphatic carbocycles. The minimum Gasteiger partial charge on any atom is -0.315 e. The van der Waals surface area contributed by atoms with Gasteiger partial charge in [-0.05, 0) is 12.1 Å². The molecule has 0 amide bonds. The summed E-state index contributed by atoms with van der Waals surface area (Å²) in [5.74, 6) is 5.50. The van der Waals surface area contributed by atoms with Crippen molar-refractivity contribution in [2.24, 2.45) is 5.84 Å². The molecule has 0 bridgehead atoms. The van der Waals surface area contributed by atoms with Crippen LogP contribution in [0, 0.1) is 0 Å². The van der Waals surface area contributed by atoms with Gasteiger partial charge in [-0.2, -0.15) is 0 Å². The number of hydrazine groups is 1. The third kappa shape index (κ3) is 3.38. The lowest BCUT2D eigenvalue weighted by atomic mass is 10.5. The van der Waals surface area contributed by atoms with Crippen molar-refractivity contribution in [3.63, 3.8) is 0 Å². The average molecular weight is 301 g/mol. The monoisotopic (exact) mass is 301 g/mol. The van der Waals surface area contributed by atoms with Crippen molar-refractivity contribution in [1.29, 1.82) is 0 Å². The standard InChI is InChI=1S/C9H11N5O3S2/c10-14-8-2-1-7(4-11-8)19(16,17)12-3-6-5-18-9(15)13-6/h1-2,4-5,12H,3,10H2,(H,11,14)(H,13,15). The number of rotatable bonds is 5. The first-order chi connectivity index (χ1) is 9.01. The molecule has 2 aromatic rings. The molecule has 0 fully saturated rings. The van der Waals surface area contributed by atoms with E-state index < -0.39 is 10.0 Å². The number of sulfonamides is 1. The Morgan fingerprint density at radius 1 is 1.42 bits per heavy atom. The maximum Gasteiger partial charge on any atom is 0.304 e. The van der Waals surface area contributed by atoms with Gasteiger partial charge in [-0.15, -0.1) is 0 Å². The predicted octanol–water partition coefficient (Wildman–Crippen LogP) is -0.404. The number of hydrogen-bond acceptors (Lipinski definition) is 7. The van der Waals surface area contributed by atoms with Crippen LogP contribution in [0.25, 0.3) is 0 Å². The summed E-state index contributed by atoms with van der Waals surface area (Å²) in [6.45, 7) is 0.0119. The Balaban J connectivity index is 2.11. The fourth-order valence-corrected chi connectivity index (χ4v) is 2.81. The summed E-state index contributed by atoms with van der Waals surface area (Å²) in [5, 5.41) is 1.56. The van der Waals surface area contributed by atoms with Crippen molar-refractivity contribution in [3.05, 3.63) is 39.1 Å². The van der Waals surface area contributed by atoms with Gasteiger partial charge in [-0.25, -0.2) is 24.0 Å². The quantitative estimate of drug-likeness (QED) is 0.439. The zero-order chi connectivity index (χ0) is 13.9. The van der Waals surface area contributed by atoms with Gasteiger partial charge in [0.15, 0.2) is 0 Å². The summed E-state index contributed by atoms with van der Waals surface area (Å²) >= 11 is 0.975. The molecule has 0 spiro atoms. The molecule has 2 aromatic heterocycles. The molecule has 0 aromatic carbocycles. The summed E-state index contributed by atoms with van der Waals surface area (Å²) in [6, 6.07) is 2.82. The van der Waals surface area contributed by atoms with Crippen molar-refractivity contribution in [3.8, 4) is 0 Å². The van der Waals surface area contributed by atoms with Crippen molar-refractivity contribution >= 4 is 27.2 Å². The first-order valence-corrected chi connectivity index (χ1v) is 7.46. The van der Waals surface area contributed by atoms with Crippen LogP contribution in [0.15, 0.2) is 33.4 Å². The highest BCUT2D eigenvalue weighted by atomic mass is 32.2. The Bertz CT molecular complexity index is 704. The number of hydrogen-bond donors (Lipinski definition) is 4. The highest BCUT2D eigenvalue weighted by molar-refractivity contribution is 7.89. The van der Waals surface area contributed by atoms with E-state index in [0.29, 0.717) is 11.5 Å². The largest absolute Gasteiger partial charge is 0.315 e. The molecule has 0 unspecified atom stereocenters. The van der Waals surface area contributed by atoms with E-state index in [0.717, 1.165) is 11.3 Å². The van der Waals surface area contributed by atoms with Crippen molar-refractivity contribution in [2.75, 3.05) is 5.43 Å². The van der Waals surface area contributed by atoms with Crippen LogP contribution in [0.2, 0.25) is 0 Å². The molecule has 19 heavy (non-hydrogen) atoms. The van der Waals surface area contributed by atoms with Gasteiger partial charge in [-0.3, -0.25) is 4.79 Å². The molecule has 0 aliphatic rings. The van der Waals surface area contributed by atoms with Gasteiger partial charge < -0.3 is 10.4 Å². The molecule has 0 aliphatic heterocycles. The summed E-state index contributed by atoms with van der Waals surface area (Å²) in [5.41, 5.74) is 2.81. The minimum atomic E-state index is -3.67. The number of nitrogens with two attached hydrogens (primary N) is 1. The lowest BCUT2D eigenvalue weighted by Gasteiger charge is -2.06. The molecular formula is C9H11N5O3S2. The Kier molecular flexibility index (Phi) is 3.95. The molecule has 0 saturated carbocycles. The minimum absolute atomic E-state index is 0.0119. The molecule has 5 N–H and O–H groups in total. The molecule has 0 radical (unpaired) electrons. The van der Waals surface area contributed by atoms with E-state index in [4.69, 9.17) is 5.84 Å². The second-order valence-corrected chi connectivity index (χ2v) is 6.13. The highest BCUT2D eigenvalue weighted by Gasteiger charge is 2.14. The zero-order valence-corrected chi connectivity index (χ0v) is 11.2. The number of anilines is 1. The topological polar surface area (TPSA) is 130 Å². The molecule has 0 saturated heterocycles. The first kappa shape index (κ1) is 13.7. The molecule has 0 atom stereocenters. The van der Waals surface area contributed by atoms with Crippen LogP contribution in [0.5, 0.6) is 0 Å². The van der Waals surface area contributed by atoms with Gasteiger partial charge in [0.2, 0.25) is 10.0 Å². The molecule has 2 rings (SSSR count). The molecule has 102 valence electrons. The number of aromatic amines is 1. The van der Waals surface area contributed by atoms with Crippen LogP contribution in [0.4, 0.5) is 5.82 Å². The van der Waals surface area contributed by atoms with E-state index in [1.165, 1.54) is 18.3 Å². The van der Waals surface area contributed by atoms with Gasteiger partial charge in [-0.1, -0.05) is 11.3 Å². The fraction of sp³-hybridized carbons (Fsp3) is 0.111. The smallest absolute Gasteiger partial charge is 0.304 e. The van der Waals surface area contributed by atoms with Crippen LogP contribution in [-0.4, -0.2) is 18.4 Å². The third-order valence-corrected chi connectivity index (χ3v) is 4.32. The number of nitrogens with one attached hydrogen (secondary N) is 3. The molecule has 10 heteroatoms. The second-order valence-electron chi connectivity index (χ2n) is 3.52. The van der Waals surface area contributed by atoms with Gasteiger partial charge >= 0.3 is 4.87 Å². The third-order valence-electron chi connectivity index (χ3n) is 2.22. The fourth-order valence-electron chi connectivity index (χ4n) is 1.28. The normalized spacial score (nSPS) is 11.4. The van der Waals surface area contributed by atoms with E-state index in [9.17, 15) is 13.2 Å². The van der Waals surface area contributed by atoms with E-state index >= 15 is 0 Å². The maximum absolute atomic E-state index is 11.9. The summed E-state index contributed by atoms with van der Waals surface area (Å²) in [6.07, 6.45) is 1.19. The van der Waals surface area contributed by atoms with Gasteiger partial charge in [0.25, 0.3) is 0 Å². The number of nitrogen functional groups attached to an aromatic ring is 1. The summed E-state index contributed by atoms with van der Waals surface area (Å²) in [7, 11) is -3.67. The number of H-pyrrole nitrogens is 1. The molecule has 2 heterocycles. The van der Waals surface area contributed by atoms with E-state index in [1.807, 2.05) is 0 Å². The second kappa shape index (κ2) is 5.48. The lowest BCUT2D eigenvalue weighted by Crippen LogP contribution is -2.24. The Hall–Kier alpha value is -1.75. The van der Waals surface area contributed by atoms with E-state index in [2.05, 4.69) is 20.1 Å². The Morgan fingerprint density at radius 2 is 2.21 bits per heavy atom. The number of nitrogens with zero attached hydrogens (tertiary/aromatic N) is 1. The molecule has 8 nitrogen and oxygen atoms in total. The maximum atomic E-state index is 11.9. The van der Waals surface area contributed by atoms with E-state index in [-0.39, 0.29) is 16.3 Å².